The fourth-order valence-corrected chi connectivity index (χ4v) is 4.02. The van der Waals surface area contributed by atoms with Crippen LogP contribution in [0.2, 0.25) is 0 Å². The van der Waals surface area contributed by atoms with Crippen molar-refractivity contribution in [2.45, 2.75) is 64.6 Å². The number of pyridine rings is 1. The largest absolute Gasteiger partial charge is 0.466 e. The molecule has 0 atom stereocenters. The minimum Gasteiger partial charge on any atom is -0.466 e. The van der Waals surface area contributed by atoms with Gasteiger partial charge in [-0.3, -0.25) is 9.59 Å². The van der Waals surface area contributed by atoms with Gasteiger partial charge in [0.05, 0.1) is 24.2 Å². The summed E-state index contributed by atoms with van der Waals surface area (Å²) >= 11 is 0. The lowest BCUT2D eigenvalue weighted by Gasteiger charge is -2.38. The zero-order valence-electron chi connectivity index (χ0n) is 16.4. The summed E-state index contributed by atoms with van der Waals surface area (Å²) < 4.78 is 11.6. The van der Waals surface area contributed by atoms with Crippen LogP contribution >= 0.6 is 0 Å². The average molecular weight is 374 g/mol. The number of hydrogen-bond acceptors (Lipinski definition) is 6. The van der Waals surface area contributed by atoms with Crippen molar-refractivity contribution in [3.8, 4) is 0 Å². The van der Waals surface area contributed by atoms with Crippen molar-refractivity contribution < 1.29 is 19.1 Å². The Bertz CT molecular complexity index is 630. The molecule has 0 bridgehead atoms. The molecule has 1 saturated heterocycles. The smallest absolute Gasteiger partial charge is 0.311 e. The van der Waals surface area contributed by atoms with E-state index >= 15 is 0 Å². The van der Waals surface area contributed by atoms with E-state index in [1.165, 1.54) is 0 Å². The first-order chi connectivity index (χ1) is 13.0. The van der Waals surface area contributed by atoms with E-state index in [1.807, 2.05) is 19.9 Å². The van der Waals surface area contributed by atoms with Crippen LogP contribution in [0.1, 0.15) is 62.7 Å². The number of ether oxygens (including phenoxy) is 2. The van der Waals surface area contributed by atoms with Gasteiger partial charge in [-0.25, -0.2) is 4.98 Å². The lowest BCUT2D eigenvalue weighted by atomic mass is 9.74. The van der Waals surface area contributed by atoms with Gasteiger partial charge in [0, 0.05) is 24.8 Å². The summed E-state index contributed by atoms with van der Waals surface area (Å²) in [6, 6.07) is 3.71. The second-order valence-electron chi connectivity index (χ2n) is 7.87. The van der Waals surface area contributed by atoms with Crippen LogP contribution in [0.5, 0.6) is 0 Å². The third kappa shape index (κ3) is 4.86. The zero-order chi connectivity index (χ0) is 19.3. The number of rotatable bonds is 6. The number of carbonyl (C=O) groups excluding carboxylic acids is 2. The topological polar surface area (TPSA) is 68.7 Å². The van der Waals surface area contributed by atoms with E-state index in [-0.39, 0.29) is 23.6 Å². The van der Waals surface area contributed by atoms with Crippen molar-refractivity contribution >= 4 is 18.1 Å². The van der Waals surface area contributed by atoms with Crippen LogP contribution in [0.4, 0.5) is 5.82 Å². The van der Waals surface area contributed by atoms with Crippen molar-refractivity contribution in [3.05, 3.63) is 23.9 Å². The molecule has 0 N–H and O–H groups in total. The molecule has 2 heterocycles. The van der Waals surface area contributed by atoms with E-state index in [1.54, 1.807) is 12.3 Å². The Hall–Kier alpha value is -1.95. The molecule has 0 amide bonds. The highest BCUT2D eigenvalue weighted by molar-refractivity contribution is 5.76. The maximum Gasteiger partial charge on any atom is 0.311 e. The number of carbonyl (C=O) groups is 2. The number of esters is 1. The SMILES string of the molecule is CCOC(=O)[C@]1(C)CC[C@H](OC2CCN(c3ccc(C=O)cn3)CC2)CC1. The summed E-state index contributed by atoms with van der Waals surface area (Å²) in [7, 11) is 0. The van der Waals surface area contributed by atoms with Crippen LogP contribution in [-0.4, -0.2) is 49.1 Å². The maximum atomic E-state index is 12.1. The zero-order valence-corrected chi connectivity index (χ0v) is 16.4. The lowest BCUT2D eigenvalue weighted by molar-refractivity contribution is -0.159. The molecule has 6 nitrogen and oxygen atoms in total. The van der Waals surface area contributed by atoms with Crippen molar-refractivity contribution in [1.82, 2.24) is 4.98 Å². The van der Waals surface area contributed by atoms with Gasteiger partial charge in [-0.1, -0.05) is 0 Å². The highest BCUT2D eigenvalue weighted by atomic mass is 16.5. The first kappa shape index (κ1) is 19.8. The highest BCUT2D eigenvalue weighted by Crippen LogP contribution is 2.39. The van der Waals surface area contributed by atoms with Gasteiger partial charge >= 0.3 is 5.97 Å². The monoisotopic (exact) mass is 374 g/mol. The van der Waals surface area contributed by atoms with Gasteiger partial charge in [0.15, 0.2) is 6.29 Å². The predicted molar refractivity (Wildman–Crippen MR) is 103 cm³/mol. The van der Waals surface area contributed by atoms with Crippen LogP contribution < -0.4 is 4.90 Å². The second-order valence-corrected chi connectivity index (χ2v) is 7.87. The Morgan fingerprint density at radius 1 is 1.22 bits per heavy atom. The standard InChI is InChI=1S/C21H30N2O4/c1-3-26-20(25)21(2)10-6-17(7-11-21)27-18-8-12-23(13-9-18)19-5-4-16(15-24)14-22-19/h4-5,14-15,17-18H,3,6-13H2,1-2H3/t17-,21+. The lowest BCUT2D eigenvalue weighted by Crippen LogP contribution is -2.41. The number of anilines is 1. The van der Waals surface area contributed by atoms with E-state index < -0.39 is 0 Å². The minimum atomic E-state index is -0.349. The maximum absolute atomic E-state index is 12.1. The molecule has 1 aliphatic carbocycles. The van der Waals surface area contributed by atoms with E-state index in [0.717, 1.165) is 63.7 Å². The molecule has 0 aromatic carbocycles. The number of aromatic nitrogens is 1. The average Bonchev–Trinajstić information content (AvgIpc) is 2.71. The Labute approximate surface area is 161 Å². The molecule has 3 rings (SSSR count). The second kappa shape index (κ2) is 8.83. The highest BCUT2D eigenvalue weighted by Gasteiger charge is 2.39. The van der Waals surface area contributed by atoms with Gasteiger partial charge < -0.3 is 14.4 Å². The third-order valence-corrected chi connectivity index (χ3v) is 5.86. The number of aldehydes is 1. The summed E-state index contributed by atoms with van der Waals surface area (Å²) in [4.78, 5) is 29.5. The summed E-state index contributed by atoms with van der Waals surface area (Å²) in [5.41, 5.74) is 0.252. The molecule has 0 spiro atoms. The molecule has 2 aliphatic rings. The van der Waals surface area contributed by atoms with Crippen LogP contribution in [0.3, 0.4) is 0 Å². The van der Waals surface area contributed by atoms with Gasteiger partial charge in [-0.2, -0.15) is 0 Å². The van der Waals surface area contributed by atoms with Crippen molar-refractivity contribution in [2.24, 2.45) is 5.41 Å². The molecule has 1 aliphatic heterocycles. The summed E-state index contributed by atoms with van der Waals surface area (Å²) in [6.45, 7) is 6.13. The molecule has 27 heavy (non-hydrogen) atoms. The van der Waals surface area contributed by atoms with Crippen LogP contribution in [0, 0.1) is 5.41 Å². The summed E-state index contributed by atoms with van der Waals surface area (Å²) in [5, 5.41) is 0. The number of piperidine rings is 1. The Morgan fingerprint density at radius 2 is 1.89 bits per heavy atom. The first-order valence-electron chi connectivity index (χ1n) is 10.0. The van der Waals surface area contributed by atoms with Crippen LogP contribution in [-0.2, 0) is 14.3 Å². The molecule has 6 heteroatoms. The normalized spacial score (nSPS) is 26.6. The molecule has 1 saturated carbocycles. The van der Waals surface area contributed by atoms with Crippen LogP contribution in [0.15, 0.2) is 18.3 Å². The van der Waals surface area contributed by atoms with Crippen molar-refractivity contribution in [3.63, 3.8) is 0 Å². The van der Waals surface area contributed by atoms with Crippen molar-refractivity contribution in [1.29, 1.82) is 0 Å². The molecular weight excluding hydrogens is 344 g/mol. The van der Waals surface area contributed by atoms with E-state index in [4.69, 9.17) is 9.47 Å². The summed E-state index contributed by atoms with van der Waals surface area (Å²) in [6.07, 6.45) is 8.41. The minimum absolute atomic E-state index is 0.0649. The molecule has 0 radical (unpaired) electrons. The first-order valence-corrected chi connectivity index (χ1v) is 10.0. The van der Waals surface area contributed by atoms with Gasteiger partial charge in [-0.15, -0.1) is 0 Å². The Morgan fingerprint density at radius 3 is 2.44 bits per heavy atom. The molecule has 1 aromatic rings. The number of hydrogen-bond donors (Lipinski definition) is 0. The van der Waals surface area contributed by atoms with E-state index in [9.17, 15) is 9.59 Å². The Balaban J connectivity index is 1.43. The van der Waals surface area contributed by atoms with Crippen LogP contribution in [0.25, 0.3) is 0 Å². The van der Waals surface area contributed by atoms with Gasteiger partial charge in [0.2, 0.25) is 0 Å². The van der Waals surface area contributed by atoms with E-state index in [0.29, 0.717) is 12.2 Å². The Kier molecular flexibility index (Phi) is 6.47. The molecule has 148 valence electrons. The fourth-order valence-electron chi connectivity index (χ4n) is 4.02. The predicted octanol–water partition coefficient (Wildman–Crippen LogP) is 3.39. The van der Waals surface area contributed by atoms with Crippen molar-refractivity contribution in [2.75, 3.05) is 24.6 Å². The molecule has 1 aromatic heterocycles. The molecule has 0 unspecified atom stereocenters. The molecule has 2 fully saturated rings. The van der Waals surface area contributed by atoms with Gasteiger partial charge in [0.25, 0.3) is 0 Å². The third-order valence-electron chi connectivity index (χ3n) is 5.86. The fraction of sp³-hybridized carbons (Fsp3) is 0.667. The van der Waals surface area contributed by atoms with Gasteiger partial charge in [0.1, 0.15) is 5.82 Å². The van der Waals surface area contributed by atoms with E-state index in [2.05, 4.69) is 9.88 Å². The summed E-state index contributed by atoms with van der Waals surface area (Å²) in [5.74, 6) is 0.853. The van der Waals surface area contributed by atoms with Gasteiger partial charge in [-0.05, 0) is 64.5 Å². The number of nitrogens with zero attached hydrogens (tertiary/aromatic N) is 2. The molecular formula is C21H30N2O4. The quantitative estimate of drug-likeness (QED) is 0.562.